The van der Waals surface area contributed by atoms with Crippen molar-refractivity contribution in [3.8, 4) is 0 Å². The van der Waals surface area contributed by atoms with Crippen molar-refractivity contribution in [1.29, 1.82) is 0 Å². The first kappa shape index (κ1) is 22.4. The molecule has 2 heterocycles. The van der Waals surface area contributed by atoms with Gasteiger partial charge in [-0.15, -0.1) is 0 Å². The Balaban J connectivity index is 1.54. The zero-order valence-electron chi connectivity index (χ0n) is 19.6. The Labute approximate surface area is 190 Å². The third-order valence-electron chi connectivity index (χ3n) is 7.18. The Bertz CT molecular complexity index is 1120. The SMILES string of the molecule is CCCC(=O)C1(C)C=C(C)C(c2cc3cnc(NC(=O)C4(C)CCCC4)cc3cn2)=CC1. The summed E-state index contributed by atoms with van der Waals surface area (Å²) in [5.74, 6) is 0.926. The Morgan fingerprint density at radius 3 is 2.44 bits per heavy atom. The molecule has 0 saturated heterocycles. The smallest absolute Gasteiger partial charge is 0.231 e. The molecule has 2 aliphatic carbocycles. The Morgan fingerprint density at radius 2 is 1.75 bits per heavy atom. The van der Waals surface area contributed by atoms with E-state index < -0.39 is 5.41 Å². The lowest BCUT2D eigenvalue weighted by Gasteiger charge is -2.29. The van der Waals surface area contributed by atoms with E-state index in [1.54, 1.807) is 6.20 Å². The fourth-order valence-electron chi connectivity index (χ4n) is 5.01. The predicted molar refractivity (Wildman–Crippen MR) is 129 cm³/mol. The highest BCUT2D eigenvalue weighted by atomic mass is 16.2. The molecule has 0 bridgehead atoms. The molecule has 0 aliphatic heterocycles. The van der Waals surface area contributed by atoms with Crippen LogP contribution in [0.4, 0.5) is 5.82 Å². The molecule has 0 spiro atoms. The minimum atomic E-state index is -0.426. The molecule has 1 fully saturated rings. The number of nitrogens with zero attached hydrogens (tertiary/aromatic N) is 2. The fourth-order valence-corrected chi connectivity index (χ4v) is 5.01. The molecule has 168 valence electrons. The molecule has 1 saturated carbocycles. The van der Waals surface area contributed by atoms with Gasteiger partial charge in [-0.25, -0.2) is 4.98 Å². The van der Waals surface area contributed by atoms with E-state index in [-0.39, 0.29) is 11.3 Å². The number of hydrogen-bond donors (Lipinski definition) is 1. The second kappa shape index (κ2) is 8.61. The minimum absolute atomic E-state index is 0.0558. The van der Waals surface area contributed by atoms with Crippen molar-refractivity contribution in [1.82, 2.24) is 9.97 Å². The first-order valence-corrected chi connectivity index (χ1v) is 11.7. The average molecular weight is 432 g/mol. The molecule has 2 aromatic heterocycles. The molecule has 5 nitrogen and oxygen atoms in total. The van der Waals surface area contributed by atoms with E-state index in [1.807, 2.05) is 39.1 Å². The van der Waals surface area contributed by atoms with Crippen molar-refractivity contribution in [2.45, 2.75) is 72.6 Å². The summed E-state index contributed by atoms with van der Waals surface area (Å²) in [7, 11) is 0. The Morgan fingerprint density at radius 1 is 1.06 bits per heavy atom. The normalized spacial score (nSPS) is 22.4. The lowest BCUT2D eigenvalue weighted by molar-refractivity contribution is -0.126. The number of nitrogens with one attached hydrogen (secondary N) is 1. The predicted octanol–water partition coefficient (Wildman–Crippen LogP) is 6.26. The van der Waals surface area contributed by atoms with Crippen molar-refractivity contribution in [3.63, 3.8) is 0 Å². The molecular weight excluding hydrogens is 398 g/mol. The van der Waals surface area contributed by atoms with Crippen LogP contribution in [0.2, 0.25) is 0 Å². The number of fused-ring (bicyclic) bond motifs is 1. The summed E-state index contributed by atoms with van der Waals surface area (Å²) in [4.78, 5) is 34.4. The molecule has 4 rings (SSSR count). The van der Waals surface area contributed by atoms with E-state index in [9.17, 15) is 9.59 Å². The van der Waals surface area contributed by atoms with Crippen LogP contribution in [-0.4, -0.2) is 21.7 Å². The monoisotopic (exact) mass is 431 g/mol. The second-order valence-corrected chi connectivity index (χ2v) is 9.95. The molecule has 0 radical (unpaired) electrons. The number of anilines is 1. The summed E-state index contributed by atoms with van der Waals surface area (Å²) in [6.07, 6.45) is 14.1. The molecule has 1 unspecified atom stereocenters. The summed E-state index contributed by atoms with van der Waals surface area (Å²) in [6.45, 7) is 8.16. The van der Waals surface area contributed by atoms with Crippen molar-refractivity contribution in [3.05, 3.63) is 47.9 Å². The van der Waals surface area contributed by atoms with Crippen LogP contribution < -0.4 is 5.32 Å². The van der Waals surface area contributed by atoms with Gasteiger partial charge in [0.25, 0.3) is 0 Å². The highest BCUT2D eigenvalue weighted by Gasteiger charge is 2.36. The van der Waals surface area contributed by atoms with Crippen LogP contribution in [0.25, 0.3) is 16.3 Å². The number of amides is 1. The first-order valence-electron chi connectivity index (χ1n) is 11.7. The Hall–Kier alpha value is -2.82. The van der Waals surface area contributed by atoms with E-state index >= 15 is 0 Å². The summed E-state index contributed by atoms with van der Waals surface area (Å²) < 4.78 is 0. The number of hydrogen-bond acceptors (Lipinski definition) is 4. The van der Waals surface area contributed by atoms with Gasteiger partial charge >= 0.3 is 0 Å². The lowest BCUT2D eigenvalue weighted by atomic mass is 9.74. The fraction of sp³-hybridized carbons (Fsp3) is 0.481. The van der Waals surface area contributed by atoms with Gasteiger partial charge in [-0.3, -0.25) is 14.6 Å². The zero-order valence-corrected chi connectivity index (χ0v) is 19.6. The van der Waals surface area contributed by atoms with Crippen LogP contribution in [0.3, 0.4) is 0 Å². The first-order chi connectivity index (χ1) is 15.2. The zero-order chi connectivity index (χ0) is 22.9. The second-order valence-electron chi connectivity index (χ2n) is 9.95. The van der Waals surface area contributed by atoms with Gasteiger partial charge in [-0.2, -0.15) is 0 Å². The van der Waals surface area contributed by atoms with Crippen molar-refractivity contribution in [2.75, 3.05) is 5.32 Å². The van der Waals surface area contributed by atoms with E-state index in [1.165, 1.54) is 0 Å². The van der Waals surface area contributed by atoms with Gasteiger partial charge in [0.15, 0.2) is 0 Å². The van der Waals surface area contributed by atoms with Crippen LogP contribution in [0.5, 0.6) is 0 Å². The molecular formula is C27H33N3O2. The van der Waals surface area contributed by atoms with E-state index in [4.69, 9.17) is 0 Å². The van der Waals surface area contributed by atoms with Crippen molar-refractivity contribution >= 4 is 33.9 Å². The number of allylic oxidation sites excluding steroid dienone is 4. The molecule has 2 aliphatic rings. The molecule has 1 atom stereocenters. The van der Waals surface area contributed by atoms with Gasteiger partial charge in [0.05, 0.1) is 5.69 Å². The van der Waals surface area contributed by atoms with E-state index in [0.717, 1.165) is 59.7 Å². The highest BCUT2D eigenvalue weighted by Crippen LogP contribution is 2.40. The van der Waals surface area contributed by atoms with Gasteiger partial charge in [0, 0.05) is 40.4 Å². The third kappa shape index (κ3) is 4.25. The summed E-state index contributed by atoms with van der Waals surface area (Å²) in [6, 6.07) is 3.92. The number of Topliss-reactive ketones (excluding diaryl/α,β-unsaturated/α-hetero) is 1. The van der Waals surface area contributed by atoms with Crippen molar-refractivity contribution in [2.24, 2.45) is 10.8 Å². The minimum Gasteiger partial charge on any atom is -0.310 e. The maximum absolute atomic E-state index is 12.7. The standard InChI is InChI=1S/C27H33N3O2/c1-5-8-23(31)27(4)12-9-21(18(2)15-27)22-13-19-17-29-24(14-20(19)16-28-22)30-25(32)26(3)10-6-7-11-26/h9,13-17H,5-8,10-12H2,1-4H3,(H,29,30,32). The van der Waals surface area contributed by atoms with Gasteiger partial charge in [-0.05, 0) is 62.8 Å². The largest absolute Gasteiger partial charge is 0.310 e. The molecule has 1 amide bonds. The number of carbonyl (C=O) groups excluding carboxylic acids is 2. The summed E-state index contributed by atoms with van der Waals surface area (Å²) in [5.41, 5.74) is 2.32. The molecule has 2 aromatic rings. The summed E-state index contributed by atoms with van der Waals surface area (Å²) in [5, 5.41) is 4.92. The number of pyridine rings is 2. The van der Waals surface area contributed by atoms with Crippen molar-refractivity contribution < 1.29 is 9.59 Å². The molecule has 5 heteroatoms. The topological polar surface area (TPSA) is 72.0 Å². The molecule has 0 aromatic carbocycles. The number of carbonyl (C=O) groups is 2. The van der Waals surface area contributed by atoms with Crippen LogP contribution in [-0.2, 0) is 9.59 Å². The van der Waals surface area contributed by atoms with Crippen LogP contribution in [0.1, 0.15) is 78.3 Å². The van der Waals surface area contributed by atoms with Crippen LogP contribution in [0, 0.1) is 10.8 Å². The maximum Gasteiger partial charge on any atom is 0.231 e. The third-order valence-corrected chi connectivity index (χ3v) is 7.18. The van der Waals surface area contributed by atoms with Gasteiger partial charge < -0.3 is 5.32 Å². The van der Waals surface area contributed by atoms with E-state index in [0.29, 0.717) is 24.4 Å². The van der Waals surface area contributed by atoms with Gasteiger partial charge in [-0.1, -0.05) is 38.8 Å². The number of ketones is 1. The van der Waals surface area contributed by atoms with Gasteiger partial charge in [0.2, 0.25) is 5.91 Å². The van der Waals surface area contributed by atoms with Gasteiger partial charge in [0.1, 0.15) is 11.6 Å². The highest BCUT2D eigenvalue weighted by molar-refractivity contribution is 5.97. The average Bonchev–Trinajstić information content (AvgIpc) is 3.21. The number of aromatic nitrogens is 2. The molecule has 1 N–H and O–H groups in total. The van der Waals surface area contributed by atoms with Crippen LogP contribution in [0.15, 0.2) is 42.3 Å². The Kier molecular flexibility index (Phi) is 6.02. The quantitative estimate of drug-likeness (QED) is 0.586. The maximum atomic E-state index is 12.7. The number of rotatable bonds is 6. The summed E-state index contributed by atoms with van der Waals surface area (Å²) >= 11 is 0. The lowest BCUT2D eigenvalue weighted by Crippen LogP contribution is -2.31. The van der Waals surface area contributed by atoms with E-state index in [2.05, 4.69) is 34.4 Å². The van der Waals surface area contributed by atoms with Crippen LogP contribution >= 0.6 is 0 Å². The molecule has 32 heavy (non-hydrogen) atoms.